The van der Waals surface area contributed by atoms with Crippen LogP contribution in [-0.2, 0) is 6.42 Å². The van der Waals surface area contributed by atoms with E-state index < -0.39 is 5.97 Å². The number of carboxylic acids is 1. The maximum absolute atomic E-state index is 11.6. The summed E-state index contributed by atoms with van der Waals surface area (Å²) < 4.78 is 2.08. The SMILES string of the molecule is C[C@@H]1CNC[C@H]1n1ncc(-c2ccccc2)c1Cc1cnccc1C(=O)O. The van der Waals surface area contributed by atoms with Gasteiger partial charge in [0.25, 0.3) is 0 Å². The van der Waals surface area contributed by atoms with E-state index in [-0.39, 0.29) is 11.6 Å². The number of hydrogen-bond acceptors (Lipinski definition) is 4. The van der Waals surface area contributed by atoms with Crippen LogP contribution in [0.5, 0.6) is 0 Å². The van der Waals surface area contributed by atoms with Crippen LogP contribution in [0.25, 0.3) is 11.1 Å². The lowest BCUT2D eigenvalue weighted by molar-refractivity contribution is 0.0695. The van der Waals surface area contributed by atoms with Crippen molar-refractivity contribution < 1.29 is 9.90 Å². The summed E-state index contributed by atoms with van der Waals surface area (Å²) >= 11 is 0. The van der Waals surface area contributed by atoms with Gasteiger partial charge in [0.2, 0.25) is 0 Å². The second-order valence-electron chi connectivity index (χ2n) is 7.03. The minimum absolute atomic E-state index is 0.252. The molecule has 0 amide bonds. The predicted molar refractivity (Wildman–Crippen MR) is 103 cm³/mol. The van der Waals surface area contributed by atoms with Crippen molar-refractivity contribution in [3.8, 4) is 11.1 Å². The summed E-state index contributed by atoms with van der Waals surface area (Å²) in [5.74, 6) is -0.476. The predicted octanol–water partition coefficient (Wildman–Crippen LogP) is 3.01. The molecule has 0 spiro atoms. The lowest BCUT2D eigenvalue weighted by atomic mass is 9.98. The Kier molecular flexibility index (Phi) is 4.73. The summed E-state index contributed by atoms with van der Waals surface area (Å²) in [6, 6.07) is 11.9. The van der Waals surface area contributed by atoms with Gasteiger partial charge in [-0.3, -0.25) is 9.67 Å². The van der Waals surface area contributed by atoms with Crippen molar-refractivity contribution >= 4 is 5.97 Å². The fraction of sp³-hybridized carbons (Fsp3) is 0.286. The molecule has 27 heavy (non-hydrogen) atoms. The Labute approximate surface area is 157 Å². The van der Waals surface area contributed by atoms with Crippen LogP contribution in [0.1, 0.15) is 34.6 Å². The molecule has 2 atom stereocenters. The van der Waals surface area contributed by atoms with E-state index in [9.17, 15) is 9.90 Å². The van der Waals surface area contributed by atoms with Crippen LogP contribution >= 0.6 is 0 Å². The number of nitrogens with zero attached hydrogens (tertiary/aromatic N) is 3. The molecule has 6 heteroatoms. The van der Waals surface area contributed by atoms with Gasteiger partial charge in [-0.05, 0) is 29.7 Å². The molecule has 1 aliphatic heterocycles. The standard InChI is InChI=1S/C21H22N4O2/c1-14-10-23-13-20(14)25-19(9-16-11-22-8-7-17(16)21(26)27)18(12-24-25)15-5-3-2-4-6-15/h2-8,11-12,14,20,23H,9-10,13H2,1H3,(H,26,27)/t14-,20-/m1/s1. The fourth-order valence-corrected chi connectivity index (χ4v) is 3.79. The summed E-state index contributed by atoms with van der Waals surface area (Å²) in [5, 5.41) is 17.7. The minimum Gasteiger partial charge on any atom is -0.478 e. The molecule has 1 fully saturated rings. The number of aromatic nitrogens is 3. The number of carbonyl (C=O) groups is 1. The Morgan fingerprint density at radius 1 is 1.22 bits per heavy atom. The van der Waals surface area contributed by atoms with E-state index in [0.29, 0.717) is 17.9 Å². The lowest BCUT2D eigenvalue weighted by Gasteiger charge is -2.19. The van der Waals surface area contributed by atoms with E-state index in [2.05, 4.69) is 34.0 Å². The lowest BCUT2D eigenvalue weighted by Crippen LogP contribution is -2.20. The van der Waals surface area contributed by atoms with Crippen molar-refractivity contribution in [1.29, 1.82) is 0 Å². The molecule has 6 nitrogen and oxygen atoms in total. The highest BCUT2D eigenvalue weighted by Gasteiger charge is 2.29. The van der Waals surface area contributed by atoms with E-state index in [1.807, 2.05) is 24.4 Å². The molecular weight excluding hydrogens is 340 g/mol. The molecule has 3 heterocycles. The van der Waals surface area contributed by atoms with Gasteiger partial charge < -0.3 is 10.4 Å². The topological polar surface area (TPSA) is 80.0 Å². The van der Waals surface area contributed by atoms with Gasteiger partial charge in [-0.1, -0.05) is 37.3 Å². The molecule has 2 aromatic heterocycles. The highest BCUT2D eigenvalue weighted by atomic mass is 16.4. The van der Waals surface area contributed by atoms with Gasteiger partial charge in [0.15, 0.2) is 0 Å². The summed E-state index contributed by atoms with van der Waals surface area (Å²) in [4.78, 5) is 15.8. The first kappa shape index (κ1) is 17.4. The molecule has 0 radical (unpaired) electrons. The Hall–Kier alpha value is -2.99. The van der Waals surface area contributed by atoms with Crippen molar-refractivity contribution in [3.63, 3.8) is 0 Å². The van der Waals surface area contributed by atoms with Crippen LogP contribution in [0.4, 0.5) is 0 Å². The van der Waals surface area contributed by atoms with Crippen LogP contribution < -0.4 is 5.32 Å². The molecule has 1 aromatic carbocycles. The van der Waals surface area contributed by atoms with E-state index in [4.69, 9.17) is 5.10 Å². The van der Waals surface area contributed by atoms with Gasteiger partial charge in [-0.25, -0.2) is 4.79 Å². The average molecular weight is 362 g/mol. The van der Waals surface area contributed by atoms with Crippen molar-refractivity contribution in [2.75, 3.05) is 13.1 Å². The number of aromatic carboxylic acids is 1. The minimum atomic E-state index is -0.935. The maximum Gasteiger partial charge on any atom is 0.336 e. The van der Waals surface area contributed by atoms with Crippen LogP contribution in [-0.4, -0.2) is 38.9 Å². The summed E-state index contributed by atoms with van der Waals surface area (Å²) in [5.41, 5.74) is 4.13. The zero-order valence-corrected chi connectivity index (χ0v) is 15.2. The molecule has 4 rings (SSSR count). The molecule has 0 aliphatic carbocycles. The third-order valence-electron chi connectivity index (χ3n) is 5.27. The highest BCUT2D eigenvalue weighted by Crippen LogP contribution is 2.31. The monoisotopic (exact) mass is 362 g/mol. The highest BCUT2D eigenvalue weighted by molar-refractivity contribution is 5.89. The number of rotatable bonds is 5. The van der Waals surface area contributed by atoms with Crippen molar-refractivity contribution in [2.45, 2.75) is 19.4 Å². The average Bonchev–Trinajstić information content (AvgIpc) is 3.28. The molecule has 3 aromatic rings. The van der Waals surface area contributed by atoms with E-state index in [0.717, 1.165) is 29.9 Å². The summed E-state index contributed by atoms with van der Waals surface area (Å²) in [6.45, 7) is 4.03. The molecular formula is C21H22N4O2. The van der Waals surface area contributed by atoms with Gasteiger partial charge in [0, 0.05) is 30.9 Å². The fourth-order valence-electron chi connectivity index (χ4n) is 3.79. The number of pyridine rings is 1. The Bertz CT molecular complexity index is 952. The van der Waals surface area contributed by atoms with E-state index in [1.54, 1.807) is 12.3 Å². The summed E-state index contributed by atoms with van der Waals surface area (Å²) in [7, 11) is 0. The normalized spacial score (nSPS) is 19.3. The quantitative estimate of drug-likeness (QED) is 0.729. The molecule has 0 unspecified atom stereocenters. The van der Waals surface area contributed by atoms with Gasteiger partial charge in [-0.15, -0.1) is 0 Å². The van der Waals surface area contributed by atoms with Crippen LogP contribution in [0.15, 0.2) is 55.0 Å². The van der Waals surface area contributed by atoms with E-state index in [1.165, 1.54) is 6.20 Å². The Morgan fingerprint density at radius 3 is 2.74 bits per heavy atom. The largest absolute Gasteiger partial charge is 0.478 e. The first-order chi connectivity index (χ1) is 13.1. The zero-order chi connectivity index (χ0) is 18.8. The number of carboxylic acid groups (broad SMARTS) is 1. The number of nitrogens with one attached hydrogen (secondary N) is 1. The Balaban J connectivity index is 1.82. The van der Waals surface area contributed by atoms with Gasteiger partial charge >= 0.3 is 5.97 Å². The second-order valence-corrected chi connectivity index (χ2v) is 7.03. The second kappa shape index (κ2) is 7.32. The number of benzene rings is 1. The van der Waals surface area contributed by atoms with Crippen LogP contribution in [0.2, 0.25) is 0 Å². The van der Waals surface area contributed by atoms with Gasteiger partial charge in [0.05, 0.1) is 23.5 Å². The van der Waals surface area contributed by atoms with Crippen molar-refractivity contribution in [1.82, 2.24) is 20.1 Å². The molecule has 1 saturated heterocycles. The molecule has 1 aliphatic rings. The first-order valence-electron chi connectivity index (χ1n) is 9.14. The molecule has 0 saturated carbocycles. The van der Waals surface area contributed by atoms with Crippen LogP contribution in [0.3, 0.4) is 0 Å². The van der Waals surface area contributed by atoms with E-state index >= 15 is 0 Å². The first-order valence-corrected chi connectivity index (χ1v) is 9.14. The van der Waals surface area contributed by atoms with Gasteiger partial charge in [0.1, 0.15) is 0 Å². The molecule has 138 valence electrons. The maximum atomic E-state index is 11.6. The van der Waals surface area contributed by atoms with Crippen molar-refractivity contribution in [3.05, 3.63) is 71.8 Å². The molecule has 0 bridgehead atoms. The summed E-state index contributed by atoms with van der Waals surface area (Å²) in [6.07, 6.45) is 5.53. The van der Waals surface area contributed by atoms with Crippen LogP contribution in [0, 0.1) is 5.92 Å². The molecule has 2 N–H and O–H groups in total. The third-order valence-corrected chi connectivity index (χ3v) is 5.27. The van der Waals surface area contributed by atoms with Crippen molar-refractivity contribution in [2.24, 2.45) is 5.92 Å². The van der Waals surface area contributed by atoms with Gasteiger partial charge in [-0.2, -0.15) is 5.10 Å². The number of hydrogen-bond donors (Lipinski definition) is 2. The smallest absolute Gasteiger partial charge is 0.336 e. The zero-order valence-electron chi connectivity index (χ0n) is 15.2. The third kappa shape index (κ3) is 3.36. The Morgan fingerprint density at radius 2 is 2.04 bits per heavy atom.